The molecule has 0 unspecified atom stereocenters. The van der Waals surface area contributed by atoms with Gasteiger partial charge in [-0.3, -0.25) is 14.9 Å². The summed E-state index contributed by atoms with van der Waals surface area (Å²) >= 11 is 0. The Morgan fingerprint density at radius 2 is 1.91 bits per heavy atom. The van der Waals surface area contributed by atoms with Crippen molar-refractivity contribution in [1.29, 1.82) is 0 Å². The van der Waals surface area contributed by atoms with Gasteiger partial charge >= 0.3 is 0 Å². The highest BCUT2D eigenvalue weighted by molar-refractivity contribution is 5.95. The number of anilines is 1. The fraction of sp³-hybridized carbons (Fsp3) is 0.188. The van der Waals surface area contributed by atoms with Crippen molar-refractivity contribution in [2.75, 3.05) is 12.4 Å². The third kappa shape index (κ3) is 3.60. The predicted molar refractivity (Wildman–Crippen MR) is 83.4 cm³/mol. The average molecular weight is 300 g/mol. The zero-order valence-corrected chi connectivity index (χ0v) is 12.3. The summed E-state index contributed by atoms with van der Waals surface area (Å²) in [6.45, 7) is 1.81. The molecule has 0 aliphatic heterocycles. The predicted octanol–water partition coefficient (Wildman–Crippen LogP) is 3.42. The summed E-state index contributed by atoms with van der Waals surface area (Å²) < 4.78 is 5.08. The normalized spacial score (nSPS) is 10.1. The van der Waals surface area contributed by atoms with Gasteiger partial charge in [-0.2, -0.15) is 0 Å². The van der Waals surface area contributed by atoms with Crippen molar-refractivity contribution in [2.45, 2.75) is 13.5 Å². The molecule has 0 aliphatic carbocycles. The second kappa shape index (κ2) is 6.71. The van der Waals surface area contributed by atoms with Gasteiger partial charge in [0.1, 0.15) is 11.4 Å². The van der Waals surface area contributed by atoms with Gasteiger partial charge in [-0.25, -0.2) is 0 Å². The van der Waals surface area contributed by atoms with Gasteiger partial charge in [0.2, 0.25) is 0 Å². The number of rotatable bonds is 6. The molecule has 0 saturated heterocycles. The smallest absolute Gasteiger partial charge is 0.293 e. The van der Waals surface area contributed by atoms with Gasteiger partial charge in [-0.05, 0) is 36.8 Å². The van der Waals surface area contributed by atoms with E-state index in [1.165, 1.54) is 13.0 Å². The molecule has 6 nitrogen and oxygen atoms in total. The first-order chi connectivity index (χ1) is 10.5. The number of carbonyl (C=O) groups excluding carboxylic acids is 1. The van der Waals surface area contributed by atoms with E-state index in [2.05, 4.69) is 5.32 Å². The summed E-state index contributed by atoms with van der Waals surface area (Å²) in [4.78, 5) is 21.9. The first kappa shape index (κ1) is 15.5. The summed E-state index contributed by atoms with van der Waals surface area (Å²) in [5, 5.41) is 14.1. The number of nitrogens with one attached hydrogen (secondary N) is 1. The third-order valence-corrected chi connectivity index (χ3v) is 3.24. The van der Waals surface area contributed by atoms with E-state index in [-0.39, 0.29) is 11.5 Å². The number of nitrogens with zero attached hydrogens (tertiary/aromatic N) is 1. The Bertz CT molecular complexity index is 696. The lowest BCUT2D eigenvalue weighted by molar-refractivity contribution is -0.384. The second-order valence-corrected chi connectivity index (χ2v) is 4.75. The molecule has 0 fully saturated rings. The number of ketones is 1. The van der Waals surface area contributed by atoms with Crippen LogP contribution in [0.25, 0.3) is 0 Å². The molecule has 2 aromatic carbocycles. The van der Waals surface area contributed by atoms with Crippen LogP contribution in [0.15, 0.2) is 42.5 Å². The molecule has 0 amide bonds. The van der Waals surface area contributed by atoms with Gasteiger partial charge < -0.3 is 10.1 Å². The molecule has 22 heavy (non-hydrogen) atoms. The largest absolute Gasteiger partial charge is 0.497 e. The van der Waals surface area contributed by atoms with Crippen molar-refractivity contribution in [1.82, 2.24) is 0 Å². The van der Waals surface area contributed by atoms with Crippen LogP contribution in [0.2, 0.25) is 0 Å². The van der Waals surface area contributed by atoms with Crippen molar-refractivity contribution in [3.63, 3.8) is 0 Å². The van der Waals surface area contributed by atoms with Crippen LogP contribution in [0.5, 0.6) is 5.75 Å². The molecule has 0 aromatic heterocycles. The van der Waals surface area contributed by atoms with Crippen LogP contribution in [0.3, 0.4) is 0 Å². The maximum Gasteiger partial charge on any atom is 0.293 e. The maximum absolute atomic E-state index is 11.3. The molecule has 114 valence electrons. The third-order valence-electron chi connectivity index (χ3n) is 3.24. The molecule has 2 aromatic rings. The number of nitro benzene ring substituents is 1. The summed E-state index contributed by atoms with van der Waals surface area (Å²) in [6, 6.07) is 11.8. The van der Waals surface area contributed by atoms with Crippen molar-refractivity contribution < 1.29 is 14.5 Å². The van der Waals surface area contributed by atoms with Gasteiger partial charge in [0, 0.05) is 18.2 Å². The number of carbonyl (C=O) groups is 1. The molecule has 0 heterocycles. The number of Topliss-reactive ketones (excluding diaryl/α,β-unsaturated/α-hetero) is 1. The zero-order valence-electron chi connectivity index (χ0n) is 12.3. The maximum atomic E-state index is 11.3. The van der Waals surface area contributed by atoms with E-state index in [1.807, 2.05) is 24.3 Å². The number of hydrogen-bond acceptors (Lipinski definition) is 5. The molecule has 0 saturated carbocycles. The van der Waals surface area contributed by atoms with Gasteiger partial charge in [0.25, 0.3) is 5.69 Å². The van der Waals surface area contributed by atoms with Crippen LogP contribution in [0.4, 0.5) is 11.4 Å². The Kier molecular flexibility index (Phi) is 4.73. The number of nitro groups is 1. The molecule has 2 rings (SSSR count). The van der Waals surface area contributed by atoms with E-state index in [1.54, 1.807) is 19.2 Å². The summed E-state index contributed by atoms with van der Waals surface area (Å²) in [5.41, 5.74) is 1.56. The lowest BCUT2D eigenvalue weighted by Crippen LogP contribution is -2.04. The highest BCUT2D eigenvalue weighted by atomic mass is 16.6. The van der Waals surface area contributed by atoms with Gasteiger partial charge in [0.15, 0.2) is 5.78 Å². The van der Waals surface area contributed by atoms with E-state index >= 15 is 0 Å². The molecule has 0 spiro atoms. The topological polar surface area (TPSA) is 81.5 Å². The van der Waals surface area contributed by atoms with Crippen LogP contribution < -0.4 is 10.1 Å². The Morgan fingerprint density at radius 3 is 2.45 bits per heavy atom. The summed E-state index contributed by atoms with van der Waals surface area (Å²) in [7, 11) is 1.59. The minimum atomic E-state index is -0.497. The highest BCUT2D eigenvalue weighted by Crippen LogP contribution is 2.26. The summed E-state index contributed by atoms with van der Waals surface area (Å²) in [6.07, 6.45) is 0. The molecule has 0 bridgehead atoms. The van der Waals surface area contributed by atoms with E-state index < -0.39 is 4.92 Å². The number of methoxy groups -OCH3 is 1. The zero-order chi connectivity index (χ0) is 16.1. The lowest BCUT2D eigenvalue weighted by Gasteiger charge is -2.09. The highest BCUT2D eigenvalue weighted by Gasteiger charge is 2.15. The molecule has 0 aliphatic rings. The molecule has 0 atom stereocenters. The SMILES string of the molecule is COc1ccc(CNc2ccc(C(C)=O)cc2[N+](=O)[O-])cc1. The number of ether oxygens (including phenoxy) is 1. The standard InChI is InChI=1S/C16H16N2O4/c1-11(19)13-5-8-15(16(9-13)18(20)21)17-10-12-3-6-14(22-2)7-4-12/h3-9,17H,10H2,1-2H3. The first-order valence-corrected chi connectivity index (χ1v) is 6.67. The Labute approximate surface area is 127 Å². The van der Waals surface area contributed by atoms with E-state index in [0.29, 0.717) is 17.8 Å². The second-order valence-electron chi connectivity index (χ2n) is 4.75. The fourth-order valence-corrected chi connectivity index (χ4v) is 1.99. The minimum Gasteiger partial charge on any atom is -0.497 e. The number of benzene rings is 2. The van der Waals surface area contributed by atoms with E-state index in [9.17, 15) is 14.9 Å². The van der Waals surface area contributed by atoms with Gasteiger partial charge in [-0.1, -0.05) is 12.1 Å². The molecule has 6 heteroatoms. The van der Waals surface area contributed by atoms with Crippen molar-refractivity contribution in [3.05, 3.63) is 63.7 Å². The molecule has 0 radical (unpaired) electrons. The summed E-state index contributed by atoms with van der Waals surface area (Å²) in [5.74, 6) is 0.547. The van der Waals surface area contributed by atoms with Crippen LogP contribution in [-0.2, 0) is 6.54 Å². The first-order valence-electron chi connectivity index (χ1n) is 6.67. The minimum absolute atomic E-state index is 0.110. The van der Waals surface area contributed by atoms with Crippen molar-refractivity contribution in [2.24, 2.45) is 0 Å². The molecular weight excluding hydrogens is 284 g/mol. The van der Waals surface area contributed by atoms with Crippen LogP contribution in [0.1, 0.15) is 22.8 Å². The molecular formula is C16H16N2O4. The Morgan fingerprint density at radius 1 is 1.23 bits per heavy atom. The van der Waals surface area contributed by atoms with Gasteiger partial charge in [0.05, 0.1) is 12.0 Å². The van der Waals surface area contributed by atoms with Crippen molar-refractivity contribution >= 4 is 17.2 Å². The van der Waals surface area contributed by atoms with E-state index in [0.717, 1.165) is 11.3 Å². The number of hydrogen-bond donors (Lipinski definition) is 1. The van der Waals surface area contributed by atoms with Crippen LogP contribution >= 0.6 is 0 Å². The Hall–Kier alpha value is -2.89. The average Bonchev–Trinajstić information content (AvgIpc) is 2.53. The fourth-order valence-electron chi connectivity index (χ4n) is 1.99. The van der Waals surface area contributed by atoms with Crippen molar-refractivity contribution in [3.8, 4) is 5.75 Å². The quantitative estimate of drug-likeness (QED) is 0.502. The Balaban J connectivity index is 2.17. The van der Waals surface area contributed by atoms with Crippen LogP contribution in [-0.4, -0.2) is 17.8 Å². The monoisotopic (exact) mass is 300 g/mol. The van der Waals surface area contributed by atoms with E-state index in [4.69, 9.17) is 4.74 Å². The van der Waals surface area contributed by atoms with Crippen LogP contribution in [0, 0.1) is 10.1 Å². The molecule has 1 N–H and O–H groups in total. The van der Waals surface area contributed by atoms with Gasteiger partial charge in [-0.15, -0.1) is 0 Å². The lowest BCUT2D eigenvalue weighted by atomic mass is 10.1.